The van der Waals surface area contributed by atoms with Gasteiger partial charge in [-0.2, -0.15) is 0 Å². The molecule has 1 atom stereocenters. The monoisotopic (exact) mass is 201 g/mol. The SMILES string of the molecule is c1ccc([C@@H]2CCCN2)c(C2CCC2)c1. The molecular weight excluding hydrogens is 182 g/mol. The van der Waals surface area contributed by atoms with Crippen molar-refractivity contribution in [2.75, 3.05) is 6.54 Å². The maximum absolute atomic E-state index is 3.62. The molecule has 15 heavy (non-hydrogen) atoms. The highest BCUT2D eigenvalue weighted by atomic mass is 14.9. The molecule has 0 radical (unpaired) electrons. The Bertz CT molecular complexity index is 335. The summed E-state index contributed by atoms with van der Waals surface area (Å²) >= 11 is 0. The Kier molecular flexibility index (Phi) is 2.49. The van der Waals surface area contributed by atoms with Crippen LogP contribution in [0.15, 0.2) is 24.3 Å². The van der Waals surface area contributed by atoms with Gasteiger partial charge in [-0.15, -0.1) is 0 Å². The first-order valence-corrected chi connectivity index (χ1v) is 6.27. The van der Waals surface area contributed by atoms with Gasteiger partial charge in [0.25, 0.3) is 0 Å². The molecule has 0 aromatic heterocycles. The third kappa shape index (κ3) is 1.69. The minimum Gasteiger partial charge on any atom is -0.310 e. The van der Waals surface area contributed by atoms with Crippen LogP contribution >= 0.6 is 0 Å². The lowest BCUT2D eigenvalue weighted by Crippen LogP contribution is -2.18. The Morgan fingerprint density at radius 3 is 2.33 bits per heavy atom. The van der Waals surface area contributed by atoms with Crippen LogP contribution in [0, 0.1) is 0 Å². The number of nitrogens with one attached hydrogen (secondary N) is 1. The second-order valence-corrected chi connectivity index (χ2v) is 4.91. The molecular formula is C14H19N. The molecule has 0 unspecified atom stereocenters. The van der Waals surface area contributed by atoms with E-state index >= 15 is 0 Å². The van der Waals surface area contributed by atoms with E-state index in [4.69, 9.17) is 0 Å². The van der Waals surface area contributed by atoms with E-state index in [1.54, 1.807) is 11.1 Å². The zero-order chi connectivity index (χ0) is 10.1. The minimum atomic E-state index is 0.641. The Labute approximate surface area is 91.9 Å². The molecule has 0 bridgehead atoms. The zero-order valence-corrected chi connectivity index (χ0v) is 9.21. The van der Waals surface area contributed by atoms with Gasteiger partial charge >= 0.3 is 0 Å². The lowest BCUT2D eigenvalue weighted by atomic mass is 9.77. The van der Waals surface area contributed by atoms with Crippen molar-refractivity contribution in [2.45, 2.75) is 44.1 Å². The van der Waals surface area contributed by atoms with Crippen molar-refractivity contribution in [2.24, 2.45) is 0 Å². The molecule has 1 aromatic rings. The van der Waals surface area contributed by atoms with E-state index in [9.17, 15) is 0 Å². The Hall–Kier alpha value is -0.820. The smallest absolute Gasteiger partial charge is 0.0323 e. The summed E-state index contributed by atoms with van der Waals surface area (Å²) in [6.45, 7) is 1.20. The number of benzene rings is 1. The molecule has 1 aromatic carbocycles. The van der Waals surface area contributed by atoms with Gasteiger partial charge < -0.3 is 5.32 Å². The van der Waals surface area contributed by atoms with Crippen LogP contribution in [-0.4, -0.2) is 6.54 Å². The summed E-state index contributed by atoms with van der Waals surface area (Å²) < 4.78 is 0. The molecule has 1 aliphatic carbocycles. The van der Waals surface area contributed by atoms with E-state index < -0.39 is 0 Å². The lowest BCUT2D eigenvalue weighted by Gasteiger charge is -2.29. The van der Waals surface area contributed by atoms with Gasteiger partial charge in [0, 0.05) is 6.04 Å². The van der Waals surface area contributed by atoms with Gasteiger partial charge in [0.15, 0.2) is 0 Å². The largest absolute Gasteiger partial charge is 0.310 e. The highest BCUT2D eigenvalue weighted by Crippen LogP contribution is 2.40. The minimum absolute atomic E-state index is 0.641. The van der Waals surface area contributed by atoms with Crippen LogP contribution in [0.25, 0.3) is 0 Å². The van der Waals surface area contributed by atoms with Crippen molar-refractivity contribution in [3.05, 3.63) is 35.4 Å². The van der Waals surface area contributed by atoms with Gasteiger partial charge in [-0.1, -0.05) is 30.7 Å². The Morgan fingerprint density at radius 1 is 0.933 bits per heavy atom. The summed E-state index contributed by atoms with van der Waals surface area (Å²) in [7, 11) is 0. The average Bonchev–Trinajstić information content (AvgIpc) is 2.69. The van der Waals surface area contributed by atoms with E-state index in [1.165, 1.54) is 38.6 Å². The Balaban J connectivity index is 1.90. The van der Waals surface area contributed by atoms with Crippen LogP contribution < -0.4 is 5.32 Å². The topological polar surface area (TPSA) is 12.0 Å². The third-order valence-electron chi connectivity index (χ3n) is 3.98. The van der Waals surface area contributed by atoms with Gasteiger partial charge in [-0.05, 0) is 49.3 Å². The third-order valence-corrected chi connectivity index (χ3v) is 3.98. The fourth-order valence-corrected chi connectivity index (χ4v) is 2.87. The van der Waals surface area contributed by atoms with Crippen LogP contribution in [0.2, 0.25) is 0 Å². The quantitative estimate of drug-likeness (QED) is 0.773. The molecule has 1 nitrogen and oxygen atoms in total. The first kappa shape index (κ1) is 9.41. The van der Waals surface area contributed by atoms with Gasteiger partial charge in [0.2, 0.25) is 0 Å². The summed E-state index contributed by atoms with van der Waals surface area (Å²) in [6, 6.07) is 9.71. The molecule has 0 amide bonds. The van der Waals surface area contributed by atoms with Crippen molar-refractivity contribution in [3.8, 4) is 0 Å². The van der Waals surface area contributed by atoms with Crippen molar-refractivity contribution in [3.63, 3.8) is 0 Å². The molecule has 2 fully saturated rings. The zero-order valence-electron chi connectivity index (χ0n) is 9.21. The van der Waals surface area contributed by atoms with Crippen LogP contribution in [0.5, 0.6) is 0 Å². The summed E-state index contributed by atoms with van der Waals surface area (Å²) in [5.74, 6) is 0.864. The number of hydrogen-bond donors (Lipinski definition) is 1. The molecule has 1 aliphatic heterocycles. The van der Waals surface area contributed by atoms with Crippen molar-refractivity contribution >= 4 is 0 Å². The molecule has 1 saturated heterocycles. The van der Waals surface area contributed by atoms with E-state index in [-0.39, 0.29) is 0 Å². The lowest BCUT2D eigenvalue weighted by molar-refractivity contribution is 0.414. The average molecular weight is 201 g/mol. The first-order valence-electron chi connectivity index (χ1n) is 6.27. The van der Waals surface area contributed by atoms with Gasteiger partial charge in [-0.25, -0.2) is 0 Å². The molecule has 2 aliphatic rings. The molecule has 1 heteroatoms. The predicted octanol–water partition coefficient (Wildman–Crippen LogP) is 3.38. The van der Waals surface area contributed by atoms with Crippen molar-refractivity contribution in [1.29, 1.82) is 0 Å². The molecule has 3 rings (SSSR count). The van der Waals surface area contributed by atoms with E-state index in [0.29, 0.717) is 6.04 Å². The predicted molar refractivity (Wildman–Crippen MR) is 63.0 cm³/mol. The highest BCUT2D eigenvalue weighted by Gasteiger charge is 2.25. The molecule has 1 heterocycles. The normalized spacial score (nSPS) is 26.5. The van der Waals surface area contributed by atoms with E-state index in [1.807, 2.05) is 0 Å². The van der Waals surface area contributed by atoms with Gasteiger partial charge in [0.05, 0.1) is 0 Å². The summed E-state index contributed by atoms with van der Waals surface area (Å²) in [4.78, 5) is 0. The van der Waals surface area contributed by atoms with Crippen molar-refractivity contribution < 1.29 is 0 Å². The molecule has 1 N–H and O–H groups in total. The highest BCUT2D eigenvalue weighted by molar-refractivity contribution is 5.34. The van der Waals surface area contributed by atoms with Crippen molar-refractivity contribution in [1.82, 2.24) is 5.32 Å². The standard InChI is InChI=1S/C14H19N/c1-2-8-13(14-9-4-10-15-14)12(7-1)11-5-3-6-11/h1-2,7-8,11,14-15H,3-6,9-10H2/t14-/m0/s1. The molecule has 80 valence electrons. The summed E-state index contributed by atoms with van der Waals surface area (Å²) in [5, 5.41) is 3.62. The second kappa shape index (κ2) is 3.97. The van der Waals surface area contributed by atoms with Gasteiger partial charge in [-0.3, -0.25) is 0 Å². The summed E-state index contributed by atoms with van der Waals surface area (Å²) in [6.07, 6.45) is 6.90. The maximum atomic E-state index is 3.62. The fourth-order valence-electron chi connectivity index (χ4n) is 2.87. The van der Waals surface area contributed by atoms with Crippen LogP contribution in [-0.2, 0) is 0 Å². The van der Waals surface area contributed by atoms with Gasteiger partial charge in [0.1, 0.15) is 0 Å². The van der Waals surface area contributed by atoms with Crippen LogP contribution in [0.1, 0.15) is 55.2 Å². The van der Waals surface area contributed by atoms with E-state index in [2.05, 4.69) is 29.6 Å². The molecule has 1 saturated carbocycles. The molecule has 0 spiro atoms. The van der Waals surface area contributed by atoms with E-state index in [0.717, 1.165) is 5.92 Å². The maximum Gasteiger partial charge on any atom is 0.0323 e. The first-order chi connectivity index (χ1) is 7.45. The second-order valence-electron chi connectivity index (χ2n) is 4.91. The van der Waals surface area contributed by atoms with Crippen LogP contribution in [0.4, 0.5) is 0 Å². The fraction of sp³-hybridized carbons (Fsp3) is 0.571. The Morgan fingerprint density at radius 2 is 1.73 bits per heavy atom. The summed E-state index contributed by atoms with van der Waals surface area (Å²) in [5.41, 5.74) is 3.21. The van der Waals surface area contributed by atoms with Crippen LogP contribution in [0.3, 0.4) is 0 Å². The number of hydrogen-bond acceptors (Lipinski definition) is 1. The number of rotatable bonds is 2.